The highest BCUT2D eigenvalue weighted by Crippen LogP contribution is 2.24. The second kappa shape index (κ2) is 4.17. The molecule has 0 aliphatic carbocycles. The molecule has 2 N–H and O–H groups in total. The van der Waals surface area contributed by atoms with E-state index in [1.807, 2.05) is 0 Å². The second-order valence-corrected chi connectivity index (χ2v) is 4.89. The Kier molecular flexibility index (Phi) is 3.10. The maximum Gasteiger partial charge on any atom is 0.0460 e. The van der Waals surface area contributed by atoms with Crippen molar-refractivity contribution in [2.45, 2.75) is 44.7 Å². The fourth-order valence-corrected chi connectivity index (χ4v) is 2.70. The predicted octanol–water partition coefficient (Wildman–Crippen LogP) is 0.770. The minimum atomic E-state index is 0.391. The average molecular weight is 197 g/mol. The summed E-state index contributed by atoms with van der Waals surface area (Å²) in [5, 5.41) is 7.05. The van der Waals surface area contributed by atoms with Crippen molar-refractivity contribution in [3.8, 4) is 0 Å². The van der Waals surface area contributed by atoms with Crippen molar-refractivity contribution in [3.63, 3.8) is 0 Å². The molecule has 0 radical (unpaired) electrons. The largest absolute Gasteiger partial charge is 0.303 e. The molecular formula is C11H23N3. The maximum absolute atomic E-state index is 3.63. The van der Waals surface area contributed by atoms with Crippen LogP contribution < -0.4 is 10.6 Å². The highest BCUT2D eigenvalue weighted by molar-refractivity contribution is 5.00. The predicted molar refractivity (Wildman–Crippen MR) is 59.3 cm³/mol. The molecule has 0 aromatic heterocycles. The summed E-state index contributed by atoms with van der Waals surface area (Å²) in [6.45, 7) is 9.30. The molecule has 3 nitrogen and oxygen atoms in total. The molecule has 2 heterocycles. The van der Waals surface area contributed by atoms with Gasteiger partial charge in [-0.3, -0.25) is 10.2 Å². The van der Waals surface area contributed by atoms with E-state index < -0.39 is 0 Å². The van der Waals surface area contributed by atoms with Crippen LogP contribution in [0.3, 0.4) is 0 Å². The zero-order valence-electron chi connectivity index (χ0n) is 9.47. The summed E-state index contributed by atoms with van der Waals surface area (Å²) in [5.74, 6) is 0. The Labute approximate surface area is 87.2 Å². The number of hydrogen-bond donors (Lipinski definition) is 2. The van der Waals surface area contributed by atoms with Crippen LogP contribution in [0.2, 0.25) is 0 Å². The molecule has 2 saturated heterocycles. The van der Waals surface area contributed by atoms with Crippen LogP contribution in [0.5, 0.6) is 0 Å². The van der Waals surface area contributed by atoms with Crippen LogP contribution in [0.15, 0.2) is 0 Å². The summed E-state index contributed by atoms with van der Waals surface area (Å²) < 4.78 is 0. The van der Waals surface area contributed by atoms with Crippen molar-refractivity contribution in [1.82, 2.24) is 15.5 Å². The number of rotatable bonds is 2. The molecular weight excluding hydrogens is 174 g/mol. The lowest BCUT2D eigenvalue weighted by Crippen LogP contribution is -2.57. The molecule has 2 rings (SSSR count). The van der Waals surface area contributed by atoms with Gasteiger partial charge in [-0.1, -0.05) is 6.92 Å². The van der Waals surface area contributed by atoms with Crippen molar-refractivity contribution >= 4 is 0 Å². The van der Waals surface area contributed by atoms with Gasteiger partial charge in [0.2, 0.25) is 0 Å². The summed E-state index contributed by atoms with van der Waals surface area (Å²) in [4.78, 5) is 2.64. The quantitative estimate of drug-likeness (QED) is 0.685. The fraction of sp³-hybridized carbons (Fsp3) is 1.00. The Bertz CT molecular complexity index is 187. The zero-order chi connectivity index (χ0) is 10.0. The van der Waals surface area contributed by atoms with E-state index in [1.165, 1.54) is 32.4 Å². The first kappa shape index (κ1) is 10.4. The van der Waals surface area contributed by atoms with Crippen LogP contribution in [-0.4, -0.2) is 42.8 Å². The standard InChI is InChI=1S/C11H23N3/c1-3-10(2)14-6-4-5-11(8-14)7-12-9-13-11/h10,12-13H,3-9H2,1-2H3. The van der Waals surface area contributed by atoms with E-state index in [2.05, 4.69) is 29.4 Å². The maximum atomic E-state index is 3.63. The minimum Gasteiger partial charge on any atom is -0.303 e. The molecule has 0 aromatic carbocycles. The SMILES string of the molecule is CCC(C)N1CCCC2(CNCN2)C1. The molecule has 2 aliphatic heterocycles. The van der Waals surface area contributed by atoms with Crippen LogP contribution in [0.4, 0.5) is 0 Å². The van der Waals surface area contributed by atoms with Gasteiger partial charge in [0.25, 0.3) is 0 Å². The van der Waals surface area contributed by atoms with Crippen LogP contribution >= 0.6 is 0 Å². The summed E-state index contributed by atoms with van der Waals surface area (Å²) in [5.41, 5.74) is 0.391. The minimum absolute atomic E-state index is 0.391. The van der Waals surface area contributed by atoms with E-state index in [-0.39, 0.29) is 0 Å². The van der Waals surface area contributed by atoms with Crippen LogP contribution in [0.25, 0.3) is 0 Å². The highest BCUT2D eigenvalue weighted by Gasteiger charge is 2.38. The number of hydrogen-bond acceptors (Lipinski definition) is 3. The normalized spacial score (nSPS) is 36.4. The molecule has 0 bridgehead atoms. The van der Waals surface area contributed by atoms with E-state index in [0.29, 0.717) is 5.54 Å². The molecule has 0 saturated carbocycles. The summed E-state index contributed by atoms with van der Waals surface area (Å²) in [6.07, 6.45) is 3.95. The third kappa shape index (κ3) is 1.95. The van der Waals surface area contributed by atoms with Crippen LogP contribution in [0.1, 0.15) is 33.1 Å². The smallest absolute Gasteiger partial charge is 0.0460 e. The Morgan fingerprint density at radius 2 is 2.36 bits per heavy atom. The summed E-state index contributed by atoms with van der Waals surface area (Å²) in [6, 6.07) is 0.745. The third-order valence-electron chi connectivity index (χ3n) is 3.87. The fourth-order valence-electron chi connectivity index (χ4n) is 2.70. The Morgan fingerprint density at radius 1 is 1.50 bits per heavy atom. The highest BCUT2D eigenvalue weighted by atomic mass is 15.3. The van der Waals surface area contributed by atoms with E-state index in [9.17, 15) is 0 Å². The molecule has 1 spiro atoms. The van der Waals surface area contributed by atoms with Gasteiger partial charge in [-0.05, 0) is 32.7 Å². The molecule has 2 unspecified atom stereocenters. The van der Waals surface area contributed by atoms with E-state index in [0.717, 1.165) is 19.3 Å². The lowest BCUT2D eigenvalue weighted by Gasteiger charge is -2.42. The number of piperidine rings is 1. The van der Waals surface area contributed by atoms with Gasteiger partial charge in [0.15, 0.2) is 0 Å². The van der Waals surface area contributed by atoms with Gasteiger partial charge >= 0.3 is 0 Å². The molecule has 3 heteroatoms. The van der Waals surface area contributed by atoms with E-state index in [4.69, 9.17) is 0 Å². The summed E-state index contributed by atoms with van der Waals surface area (Å²) in [7, 11) is 0. The number of nitrogens with zero attached hydrogens (tertiary/aromatic N) is 1. The van der Waals surface area contributed by atoms with Crippen molar-refractivity contribution < 1.29 is 0 Å². The molecule has 2 aliphatic rings. The van der Waals surface area contributed by atoms with Crippen molar-refractivity contribution in [2.75, 3.05) is 26.3 Å². The first-order chi connectivity index (χ1) is 6.76. The zero-order valence-corrected chi connectivity index (χ0v) is 9.47. The molecule has 0 aromatic rings. The van der Waals surface area contributed by atoms with Crippen LogP contribution in [0, 0.1) is 0 Å². The molecule has 82 valence electrons. The number of likely N-dealkylation sites (tertiary alicyclic amines) is 1. The number of nitrogens with one attached hydrogen (secondary N) is 2. The van der Waals surface area contributed by atoms with E-state index in [1.54, 1.807) is 0 Å². The molecule has 2 atom stereocenters. The lowest BCUT2D eigenvalue weighted by atomic mass is 9.89. The van der Waals surface area contributed by atoms with Gasteiger partial charge in [-0.25, -0.2) is 0 Å². The van der Waals surface area contributed by atoms with Gasteiger partial charge < -0.3 is 5.32 Å². The first-order valence-electron chi connectivity index (χ1n) is 5.95. The monoisotopic (exact) mass is 197 g/mol. The van der Waals surface area contributed by atoms with Gasteiger partial charge in [0, 0.05) is 31.3 Å². The van der Waals surface area contributed by atoms with Gasteiger partial charge in [0.05, 0.1) is 0 Å². The lowest BCUT2D eigenvalue weighted by molar-refractivity contribution is 0.105. The van der Waals surface area contributed by atoms with Gasteiger partial charge in [-0.15, -0.1) is 0 Å². The molecule has 2 fully saturated rings. The topological polar surface area (TPSA) is 27.3 Å². The average Bonchev–Trinajstić information content (AvgIpc) is 2.65. The van der Waals surface area contributed by atoms with Crippen molar-refractivity contribution in [2.24, 2.45) is 0 Å². The van der Waals surface area contributed by atoms with Crippen molar-refractivity contribution in [1.29, 1.82) is 0 Å². The van der Waals surface area contributed by atoms with Gasteiger partial charge in [0.1, 0.15) is 0 Å². The summed E-state index contributed by atoms with van der Waals surface area (Å²) >= 11 is 0. The van der Waals surface area contributed by atoms with Crippen molar-refractivity contribution in [3.05, 3.63) is 0 Å². The Hall–Kier alpha value is -0.120. The van der Waals surface area contributed by atoms with Crippen LogP contribution in [-0.2, 0) is 0 Å². The Balaban J connectivity index is 1.96. The van der Waals surface area contributed by atoms with Gasteiger partial charge in [-0.2, -0.15) is 0 Å². The molecule has 14 heavy (non-hydrogen) atoms. The third-order valence-corrected chi connectivity index (χ3v) is 3.87. The first-order valence-corrected chi connectivity index (χ1v) is 5.95. The van der Waals surface area contributed by atoms with E-state index >= 15 is 0 Å². The molecule has 0 amide bonds. The Morgan fingerprint density at radius 3 is 3.00 bits per heavy atom. The second-order valence-electron chi connectivity index (χ2n) is 4.89.